The van der Waals surface area contributed by atoms with E-state index >= 15 is 0 Å². The number of carbonyl (C=O) groups is 1. The van der Waals surface area contributed by atoms with Gasteiger partial charge < -0.3 is 9.47 Å². The highest BCUT2D eigenvalue weighted by Gasteiger charge is 2.41. The van der Waals surface area contributed by atoms with E-state index < -0.39 is 5.60 Å². The quantitative estimate of drug-likeness (QED) is 0.505. The molecule has 1 heterocycles. The Labute approximate surface area is 153 Å². The second kappa shape index (κ2) is 7.49. The predicted octanol–water partition coefficient (Wildman–Crippen LogP) is 5.23. The van der Waals surface area contributed by atoms with Gasteiger partial charge in [0.1, 0.15) is 11.7 Å². The highest BCUT2D eigenvalue weighted by molar-refractivity contribution is 5.66. The third-order valence-corrected chi connectivity index (χ3v) is 6.16. The average Bonchev–Trinajstić information content (AvgIpc) is 2.54. The summed E-state index contributed by atoms with van der Waals surface area (Å²) in [6.07, 6.45) is 8.56. The Morgan fingerprint density at radius 3 is 2.60 bits per heavy atom. The lowest BCUT2D eigenvalue weighted by molar-refractivity contribution is -0.170. The van der Waals surface area contributed by atoms with E-state index in [9.17, 15) is 4.79 Å². The molecule has 25 heavy (non-hydrogen) atoms. The molecule has 0 unspecified atom stereocenters. The summed E-state index contributed by atoms with van der Waals surface area (Å²) in [5.74, 6) is 0.760. The van der Waals surface area contributed by atoms with Gasteiger partial charge in [-0.25, -0.2) is 0 Å². The van der Waals surface area contributed by atoms with Crippen molar-refractivity contribution in [2.24, 2.45) is 17.3 Å². The Balaban J connectivity index is 2.05. The molecule has 1 saturated carbocycles. The molecule has 1 fully saturated rings. The summed E-state index contributed by atoms with van der Waals surface area (Å²) in [7, 11) is 0. The van der Waals surface area contributed by atoms with Crippen molar-refractivity contribution in [3.8, 4) is 0 Å². The topological polar surface area (TPSA) is 35.5 Å². The van der Waals surface area contributed by atoms with Gasteiger partial charge in [0.05, 0.1) is 6.61 Å². The second-order valence-electron chi connectivity index (χ2n) is 8.59. The molecule has 140 valence electrons. The van der Waals surface area contributed by atoms with Gasteiger partial charge in [0, 0.05) is 6.92 Å². The summed E-state index contributed by atoms with van der Waals surface area (Å²) in [6, 6.07) is 0. The Morgan fingerprint density at radius 1 is 1.44 bits per heavy atom. The average molecular weight is 347 g/mol. The van der Waals surface area contributed by atoms with Crippen LogP contribution in [0.1, 0.15) is 60.3 Å². The molecule has 0 radical (unpaired) electrons. The summed E-state index contributed by atoms with van der Waals surface area (Å²) in [5, 5.41) is 0. The largest absolute Gasteiger partial charge is 0.457 e. The third-order valence-electron chi connectivity index (χ3n) is 6.16. The van der Waals surface area contributed by atoms with Gasteiger partial charge in [0.2, 0.25) is 0 Å². The highest BCUT2D eigenvalue weighted by Crippen LogP contribution is 2.49. The first-order chi connectivity index (χ1) is 11.6. The second-order valence-corrected chi connectivity index (χ2v) is 8.59. The molecule has 1 aliphatic heterocycles. The number of rotatable bonds is 5. The molecule has 1 aliphatic carbocycles. The van der Waals surface area contributed by atoms with E-state index in [4.69, 9.17) is 9.47 Å². The first-order valence-electron chi connectivity index (χ1n) is 9.38. The Bertz CT molecular complexity index is 572. The van der Waals surface area contributed by atoms with Gasteiger partial charge in [-0.05, 0) is 69.3 Å². The fourth-order valence-electron chi connectivity index (χ4n) is 4.46. The number of allylic oxidation sites excluding steroid dienone is 2. The molecule has 0 aromatic rings. The highest BCUT2D eigenvalue weighted by atomic mass is 16.6. The maximum atomic E-state index is 11.3. The van der Waals surface area contributed by atoms with E-state index in [2.05, 4.69) is 39.2 Å². The molecule has 0 bridgehead atoms. The Morgan fingerprint density at radius 2 is 2.12 bits per heavy atom. The van der Waals surface area contributed by atoms with Gasteiger partial charge in [-0.1, -0.05) is 31.2 Å². The van der Waals surface area contributed by atoms with Gasteiger partial charge in [0.15, 0.2) is 0 Å². The number of hydrogen-bond acceptors (Lipinski definition) is 3. The predicted molar refractivity (Wildman–Crippen MR) is 102 cm³/mol. The fourth-order valence-corrected chi connectivity index (χ4v) is 4.46. The lowest BCUT2D eigenvalue weighted by atomic mass is 9.61. The standard InChI is InChI=1S/C22H34O3/c1-8-22(7)12-11-17(13-19(22)15(2)3)18-9-10-20(24-14-18)21(5,6)25-16(4)23/h8-9,17,19-20H,1-2,10-14H2,3-7H3/t17-,19+,20+,22-/m0/s1. The van der Waals surface area contributed by atoms with Crippen LogP contribution in [0.5, 0.6) is 0 Å². The SMILES string of the molecule is C=C[C@@]1(C)CC[C@H](C2=CC[C@H](C(C)(C)OC(C)=O)OC2)C[C@@H]1C(=C)C. The maximum Gasteiger partial charge on any atom is 0.303 e. The summed E-state index contributed by atoms with van der Waals surface area (Å²) >= 11 is 0. The van der Waals surface area contributed by atoms with E-state index in [0.29, 0.717) is 18.4 Å². The third kappa shape index (κ3) is 4.44. The molecule has 4 atom stereocenters. The number of carbonyl (C=O) groups excluding carboxylic acids is 1. The molecule has 3 nitrogen and oxygen atoms in total. The van der Waals surface area contributed by atoms with Crippen LogP contribution in [-0.2, 0) is 14.3 Å². The molecule has 0 N–H and O–H groups in total. The van der Waals surface area contributed by atoms with Gasteiger partial charge in [0.25, 0.3) is 0 Å². The molecule has 2 rings (SSSR count). The van der Waals surface area contributed by atoms with Crippen LogP contribution in [0.4, 0.5) is 0 Å². The van der Waals surface area contributed by atoms with Crippen molar-refractivity contribution >= 4 is 5.97 Å². The number of ether oxygens (including phenoxy) is 2. The minimum absolute atomic E-state index is 0.0841. The monoisotopic (exact) mass is 346 g/mol. The summed E-state index contributed by atoms with van der Waals surface area (Å²) in [4.78, 5) is 11.3. The van der Waals surface area contributed by atoms with Crippen LogP contribution in [-0.4, -0.2) is 24.3 Å². The van der Waals surface area contributed by atoms with Crippen molar-refractivity contribution in [1.29, 1.82) is 0 Å². The summed E-state index contributed by atoms with van der Waals surface area (Å²) < 4.78 is 11.5. The van der Waals surface area contributed by atoms with Crippen LogP contribution >= 0.6 is 0 Å². The zero-order chi connectivity index (χ0) is 18.8. The van der Waals surface area contributed by atoms with Crippen LogP contribution in [0.2, 0.25) is 0 Å². The normalized spacial score (nSPS) is 33.3. The van der Waals surface area contributed by atoms with Crippen LogP contribution in [0.25, 0.3) is 0 Å². The van der Waals surface area contributed by atoms with E-state index in [1.54, 1.807) is 0 Å². The first kappa shape index (κ1) is 20.0. The fraction of sp³-hybridized carbons (Fsp3) is 0.682. The minimum atomic E-state index is -0.595. The zero-order valence-corrected chi connectivity index (χ0v) is 16.6. The number of esters is 1. The van der Waals surface area contributed by atoms with Crippen LogP contribution in [0, 0.1) is 17.3 Å². The van der Waals surface area contributed by atoms with E-state index in [1.807, 2.05) is 13.8 Å². The van der Waals surface area contributed by atoms with Gasteiger partial charge >= 0.3 is 5.97 Å². The Hall–Kier alpha value is -1.35. The molecule has 2 aliphatic rings. The van der Waals surface area contributed by atoms with Crippen molar-refractivity contribution in [2.75, 3.05) is 6.61 Å². The first-order valence-corrected chi connectivity index (χ1v) is 9.38. The molecule has 0 aromatic carbocycles. The number of hydrogen-bond donors (Lipinski definition) is 0. The van der Waals surface area contributed by atoms with Crippen molar-refractivity contribution in [1.82, 2.24) is 0 Å². The van der Waals surface area contributed by atoms with Crippen LogP contribution in [0.3, 0.4) is 0 Å². The summed E-state index contributed by atoms with van der Waals surface area (Å²) in [6.45, 7) is 18.7. The molecule has 3 heteroatoms. The van der Waals surface area contributed by atoms with Gasteiger partial charge in [-0.15, -0.1) is 6.58 Å². The minimum Gasteiger partial charge on any atom is -0.457 e. The molecule has 0 saturated heterocycles. The smallest absolute Gasteiger partial charge is 0.303 e. The maximum absolute atomic E-state index is 11.3. The van der Waals surface area contributed by atoms with Crippen molar-refractivity contribution in [3.05, 3.63) is 36.5 Å². The lowest BCUT2D eigenvalue weighted by Crippen LogP contribution is -2.44. The lowest BCUT2D eigenvalue weighted by Gasteiger charge is -2.45. The Kier molecular flexibility index (Phi) is 5.98. The molecule has 0 spiro atoms. The molecular weight excluding hydrogens is 312 g/mol. The molecular formula is C22H34O3. The van der Waals surface area contributed by atoms with Crippen LogP contribution < -0.4 is 0 Å². The van der Waals surface area contributed by atoms with E-state index in [-0.39, 0.29) is 17.5 Å². The van der Waals surface area contributed by atoms with Crippen molar-refractivity contribution in [3.63, 3.8) is 0 Å². The van der Waals surface area contributed by atoms with E-state index in [0.717, 1.165) is 19.3 Å². The van der Waals surface area contributed by atoms with Crippen LogP contribution in [0.15, 0.2) is 36.5 Å². The van der Waals surface area contributed by atoms with Gasteiger partial charge in [-0.2, -0.15) is 0 Å². The van der Waals surface area contributed by atoms with Crippen molar-refractivity contribution in [2.45, 2.75) is 72.0 Å². The van der Waals surface area contributed by atoms with E-state index in [1.165, 1.54) is 24.5 Å². The van der Waals surface area contributed by atoms with Crippen molar-refractivity contribution < 1.29 is 14.3 Å². The van der Waals surface area contributed by atoms with Gasteiger partial charge in [-0.3, -0.25) is 4.79 Å². The zero-order valence-electron chi connectivity index (χ0n) is 16.6. The summed E-state index contributed by atoms with van der Waals surface area (Å²) in [5.41, 5.74) is 2.20. The molecule has 0 aromatic heterocycles. The molecule has 0 amide bonds.